The third-order valence-electron chi connectivity index (χ3n) is 6.65. The van der Waals surface area contributed by atoms with Gasteiger partial charge in [-0.1, -0.05) is 30.4 Å². The van der Waals surface area contributed by atoms with Gasteiger partial charge in [0, 0.05) is 35.7 Å². The number of carbonyl (C=O) groups excluding carboxylic acids is 2. The zero-order valence-corrected chi connectivity index (χ0v) is 13.3. The number of hydrogen-bond acceptors (Lipinski definition) is 5. The lowest BCUT2D eigenvalue weighted by Crippen LogP contribution is -2.53. The molecule has 0 unspecified atom stereocenters. The number of aliphatic carboxylic acids is 1. The van der Waals surface area contributed by atoms with E-state index in [4.69, 9.17) is 9.47 Å². The number of amides is 1. The summed E-state index contributed by atoms with van der Waals surface area (Å²) in [5, 5.41) is 11.7. The molecule has 5 heterocycles. The van der Waals surface area contributed by atoms with Gasteiger partial charge in [0.15, 0.2) is 0 Å². The van der Waals surface area contributed by atoms with Gasteiger partial charge in [-0.2, -0.15) is 0 Å². The van der Waals surface area contributed by atoms with Crippen LogP contribution >= 0.6 is 0 Å². The fourth-order valence-corrected chi connectivity index (χ4v) is 5.85. The van der Waals surface area contributed by atoms with Crippen molar-refractivity contribution in [1.29, 1.82) is 0 Å². The number of ether oxygens (including phenoxy) is 2. The Morgan fingerprint density at radius 2 is 2.16 bits per heavy atom. The molecule has 1 aromatic rings. The zero-order chi connectivity index (χ0) is 16.9. The number of carboxylic acid groups (broad SMARTS) is 1. The van der Waals surface area contributed by atoms with E-state index in [1.807, 2.05) is 30.3 Å². The van der Waals surface area contributed by atoms with E-state index in [1.54, 1.807) is 11.0 Å². The molecule has 3 saturated heterocycles. The minimum atomic E-state index is -1.21. The van der Waals surface area contributed by atoms with Crippen molar-refractivity contribution in [3.63, 3.8) is 0 Å². The first-order valence-electron chi connectivity index (χ1n) is 8.75. The summed E-state index contributed by atoms with van der Waals surface area (Å²) in [7, 11) is 0. The highest BCUT2D eigenvalue weighted by Crippen LogP contribution is 2.62. The lowest BCUT2D eigenvalue weighted by molar-refractivity contribution is -0.313. The second-order valence-electron chi connectivity index (χ2n) is 7.57. The van der Waals surface area contributed by atoms with E-state index >= 15 is 0 Å². The van der Waals surface area contributed by atoms with Crippen LogP contribution in [0.5, 0.6) is 0 Å². The predicted octanol–water partition coefficient (Wildman–Crippen LogP) is 0.183. The van der Waals surface area contributed by atoms with Crippen LogP contribution in [0, 0.1) is 17.8 Å². The maximum atomic E-state index is 13.4. The molecular weight excluding hydrogens is 322 g/mol. The Morgan fingerprint density at radius 1 is 1.32 bits per heavy atom. The van der Waals surface area contributed by atoms with Crippen LogP contribution in [0.25, 0.3) is 0 Å². The van der Waals surface area contributed by atoms with Crippen LogP contribution in [0.2, 0.25) is 0 Å². The largest absolute Gasteiger partial charge is 0.550 e. The Morgan fingerprint density at radius 3 is 3.00 bits per heavy atom. The van der Waals surface area contributed by atoms with Crippen molar-refractivity contribution in [1.82, 2.24) is 0 Å². The number of anilines is 1. The highest BCUT2D eigenvalue weighted by atomic mass is 16.5. The maximum absolute atomic E-state index is 13.4. The summed E-state index contributed by atoms with van der Waals surface area (Å²) >= 11 is 0. The zero-order valence-electron chi connectivity index (χ0n) is 13.3. The van der Waals surface area contributed by atoms with Crippen molar-refractivity contribution in [2.24, 2.45) is 17.8 Å². The van der Waals surface area contributed by atoms with Gasteiger partial charge in [0.05, 0.1) is 24.2 Å². The van der Waals surface area contributed by atoms with Crippen molar-refractivity contribution in [2.75, 3.05) is 11.5 Å². The van der Waals surface area contributed by atoms with Crippen LogP contribution in [-0.4, -0.2) is 36.2 Å². The van der Waals surface area contributed by atoms with E-state index in [0.29, 0.717) is 6.61 Å². The molecule has 0 saturated carbocycles. The first-order chi connectivity index (χ1) is 12.1. The monoisotopic (exact) mass is 338 g/mol. The van der Waals surface area contributed by atoms with Crippen molar-refractivity contribution in [3.05, 3.63) is 42.0 Å². The number of carboxylic acids is 1. The Kier molecular flexibility index (Phi) is 2.42. The Bertz CT molecular complexity index is 850. The van der Waals surface area contributed by atoms with E-state index < -0.39 is 29.5 Å². The number of rotatable bonds is 1. The normalized spacial score (nSPS) is 45.3. The second kappa shape index (κ2) is 4.31. The molecule has 2 bridgehead atoms. The second-order valence-corrected chi connectivity index (χ2v) is 7.57. The number of para-hydroxylation sites is 1. The summed E-state index contributed by atoms with van der Waals surface area (Å²) in [4.78, 5) is 26.9. The van der Waals surface area contributed by atoms with Crippen molar-refractivity contribution < 1.29 is 24.2 Å². The number of hydrogen-bond donors (Lipinski definition) is 0. The topological polar surface area (TPSA) is 78.9 Å². The molecule has 7 atom stereocenters. The SMILES string of the molecule is O=C([O-])[C@H]1[C@H]2C=C[C@@]3(O2)[C@@H]2[C@H]4CCO[C@H]4c4ccccc4N2C(=O)[C@@H]13. The van der Waals surface area contributed by atoms with E-state index in [-0.39, 0.29) is 24.0 Å². The Labute approximate surface area is 144 Å². The third-order valence-corrected chi connectivity index (χ3v) is 6.65. The van der Waals surface area contributed by atoms with Gasteiger partial charge < -0.3 is 24.3 Å². The lowest BCUT2D eigenvalue weighted by atomic mass is 9.70. The fraction of sp³-hybridized carbons (Fsp3) is 0.474. The number of nitrogens with zero attached hydrogens (tertiary/aromatic N) is 1. The molecule has 0 radical (unpaired) electrons. The summed E-state index contributed by atoms with van der Waals surface area (Å²) < 4.78 is 12.2. The van der Waals surface area contributed by atoms with Crippen LogP contribution < -0.4 is 10.0 Å². The molecule has 0 aliphatic carbocycles. The highest BCUT2D eigenvalue weighted by molar-refractivity contribution is 6.04. The van der Waals surface area contributed by atoms with E-state index in [0.717, 1.165) is 17.7 Å². The van der Waals surface area contributed by atoms with Crippen LogP contribution in [0.4, 0.5) is 5.69 Å². The third kappa shape index (κ3) is 1.42. The Balaban J connectivity index is 1.59. The molecular formula is C19H16NO5-. The summed E-state index contributed by atoms with van der Waals surface area (Å²) in [5.74, 6) is -2.90. The summed E-state index contributed by atoms with van der Waals surface area (Å²) in [6, 6.07) is 7.54. The van der Waals surface area contributed by atoms with E-state index in [9.17, 15) is 14.7 Å². The smallest absolute Gasteiger partial charge is 0.234 e. The van der Waals surface area contributed by atoms with Crippen molar-refractivity contribution >= 4 is 17.6 Å². The van der Waals surface area contributed by atoms with Gasteiger partial charge in [-0.25, -0.2) is 0 Å². The van der Waals surface area contributed by atoms with Gasteiger partial charge >= 0.3 is 0 Å². The standard InChI is InChI=1S/C19H17NO5/c21-17-14-13(18(22)23)12-5-7-19(14,25-12)16-10-6-8-24-15(10)9-3-1-2-4-11(9)20(16)17/h1-5,7,10,12-16H,6,8H2,(H,22,23)/p-1/t10-,12+,13-,14+,15-,16-,19-/m0/s1. The molecule has 1 spiro atoms. The quantitative estimate of drug-likeness (QED) is 0.683. The number of benzene rings is 1. The minimum absolute atomic E-state index is 0.0728. The molecule has 5 aliphatic heterocycles. The molecule has 0 aromatic heterocycles. The van der Waals surface area contributed by atoms with Gasteiger partial charge in [-0.05, 0) is 12.5 Å². The minimum Gasteiger partial charge on any atom is -0.550 e. The average Bonchev–Trinajstić information content (AvgIpc) is 3.35. The number of carbonyl (C=O) groups is 2. The molecule has 6 rings (SSSR count). The van der Waals surface area contributed by atoms with Gasteiger partial charge in [-0.3, -0.25) is 4.79 Å². The maximum Gasteiger partial charge on any atom is 0.234 e. The van der Waals surface area contributed by atoms with E-state index in [1.165, 1.54) is 0 Å². The summed E-state index contributed by atoms with van der Waals surface area (Å²) in [5.41, 5.74) is 0.952. The molecule has 3 fully saturated rings. The highest BCUT2D eigenvalue weighted by Gasteiger charge is 2.73. The van der Waals surface area contributed by atoms with Crippen LogP contribution in [0.1, 0.15) is 18.1 Å². The first-order valence-corrected chi connectivity index (χ1v) is 8.75. The predicted molar refractivity (Wildman–Crippen MR) is 83.2 cm³/mol. The molecule has 128 valence electrons. The molecule has 1 amide bonds. The molecule has 6 heteroatoms. The van der Waals surface area contributed by atoms with E-state index in [2.05, 4.69) is 0 Å². The van der Waals surface area contributed by atoms with Crippen LogP contribution in [0.3, 0.4) is 0 Å². The molecule has 0 N–H and O–H groups in total. The first kappa shape index (κ1) is 14.0. The molecule has 1 aromatic carbocycles. The van der Waals surface area contributed by atoms with Crippen LogP contribution in [-0.2, 0) is 19.1 Å². The van der Waals surface area contributed by atoms with Gasteiger partial charge in [0.2, 0.25) is 5.91 Å². The molecule has 25 heavy (non-hydrogen) atoms. The van der Waals surface area contributed by atoms with Gasteiger partial charge in [0.1, 0.15) is 5.60 Å². The van der Waals surface area contributed by atoms with Gasteiger partial charge in [-0.15, -0.1) is 0 Å². The van der Waals surface area contributed by atoms with Crippen molar-refractivity contribution in [2.45, 2.75) is 30.3 Å². The summed E-state index contributed by atoms with van der Waals surface area (Å²) in [6.45, 7) is 0.639. The van der Waals surface area contributed by atoms with Gasteiger partial charge in [0.25, 0.3) is 0 Å². The Hall–Kier alpha value is -2.18. The fourth-order valence-electron chi connectivity index (χ4n) is 5.85. The molecule has 5 aliphatic rings. The summed E-state index contributed by atoms with van der Waals surface area (Å²) in [6.07, 6.45) is 3.91. The lowest BCUT2D eigenvalue weighted by Gasteiger charge is -2.43. The molecule has 6 nitrogen and oxygen atoms in total. The average molecular weight is 338 g/mol. The number of fused-ring (bicyclic) bond motifs is 7. The van der Waals surface area contributed by atoms with Crippen molar-refractivity contribution in [3.8, 4) is 0 Å². The van der Waals surface area contributed by atoms with Crippen LogP contribution in [0.15, 0.2) is 36.4 Å².